The Balaban J connectivity index is 1.80. The number of amides is 1. The molecule has 7 nitrogen and oxygen atoms in total. The van der Waals surface area contributed by atoms with Gasteiger partial charge in [0.25, 0.3) is 5.91 Å². The number of nitrogens with zero attached hydrogens (tertiary/aromatic N) is 3. The SMILES string of the molecule is COC(=O)c1ccc(Cl)c(Nc2nccc(C(=O)N3CCCCCC3)n2)c1. The smallest absolute Gasteiger partial charge is 0.337 e. The maximum atomic E-state index is 12.7. The fourth-order valence-electron chi connectivity index (χ4n) is 2.96. The maximum Gasteiger partial charge on any atom is 0.337 e. The summed E-state index contributed by atoms with van der Waals surface area (Å²) in [6.07, 6.45) is 5.85. The van der Waals surface area contributed by atoms with Gasteiger partial charge >= 0.3 is 5.97 Å². The Kier molecular flexibility index (Phi) is 6.24. The predicted molar refractivity (Wildman–Crippen MR) is 102 cm³/mol. The van der Waals surface area contributed by atoms with E-state index >= 15 is 0 Å². The number of likely N-dealkylation sites (tertiary alicyclic amines) is 1. The molecule has 0 atom stereocenters. The van der Waals surface area contributed by atoms with Crippen LogP contribution in [-0.4, -0.2) is 46.9 Å². The highest BCUT2D eigenvalue weighted by atomic mass is 35.5. The Labute approximate surface area is 162 Å². The molecule has 27 heavy (non-hydrogen) atoms. The fourth-order valence-corrected chi connectivity index (χ4v) is 3.12. The summed E-state index contributed by atoms with van der Waals surface area (Å²) in [5, 5.41) is 3.37. The molecule has 1 aliphatic rings. The number of hydrogen-bond acceptors (Lipinski definition) is 6. The average Bonchev–Trinajstić information content (AvgIpc) is 2.98. The zero-order valence-corrected chi connectivity index (χ0v) is 15.8. The van der Waals surface area contributed by atoms with E-state index in [2.05, 4.69) is 15.3 Å². The third kappa shape index (κ3) is 4.74. The molecule has 1 N–H and O–H groups in total. The summed E-state index contributed by atoms with van der Waals surface area (Å²) < 4.78 is 4.72. The lowest BCUT2D eigenvalue weighted by molar-refractivity contribution is 0.0600. The molecule has 1 saturated heterocycles. The number of anilines is 2. The normalized spacial score (nSPS) is 14.4. The van der Waals surface area contributed by atoms with Gasteiger partial charge in [0.1, 0.15) is 5.69 Å². The molecule has 1 amide bonds. The largest absolute Gasteiger partial charge is 0.465 e. The number of hydrogen-bond donors (Lipinski definition) is 1. The lowest BCUT2D eigenvalue weighted by atomic mass is 10.2. The number of benzene rings is 1. The second-order valence-electron chi connectivity index (χ2n) is 6.28. The highest BCUT2D eigenvalue weighted by molar-refractivity contribution is 6.33. The molecule has 1 aliphatic heterocycles. The molecular weight excluding hydrogens is 368 g/mol. The first-order chi connectivity index (χ1) is 13.1. The first-order valence-corrected chi connectivity index (χ1v) is 9.23. The number of halogens is 1. The van der Waals surface area contributed by atoms with Crippen LogP contribution in [0.1, 0.15) is 46.5 Å². The zero-order valence-electron chi connectivity index (χ0n) is 15.1. The van der Waals surface area contributed by atoms with Gasteiger partial charge in [-0.1, -0.05) is 24.4 Å². The molecule has 142 valence electrons. The quantitative estimate of drug-likeness (QED) is 0.804. The molecule has 0 spiro atoms. The summed E-state index contributed by atoms with van der Waals surface area (Å²) in [6.45, 7) is 1.50. The van der Waals surface area contributed by atoms with Crippen LogP contribution in [0.5, 0.6) is 0 Å². The van der Waals surface area contributed by atoms with E-state index < -0.39 is 5.97 Å². The van der Waals surface area contributed by atoms with Gasteiger partial charge in [-0.25, -0.2) is 14.8 Å². The van der Waals surface area contributed by atoms with Gasteiger partial charge in [0, 0.05) is 19.3 Å². The Morgan fingerprint density at radius 1 is 1.15 bits per heavy atom. The van der Waals surface area contributed by atoms with Gasteiger partial charge in [0.15, 0.2) is 0 Å². The van der Waals surface area contributed by atoms with Crippen molar-refractivity contribution in [3.05, 3.63) is 46.7 Å². The van der Waals surface area contributed by atoms with Crippen LogP contribution in [0.25, 0.3) is 0 Å². The molecule has 1 aromatic heterocycles. The molecular formula is C19H21ClN4O3. The van der Waals surface area contributed by atoms with E-state index in [0.29, 0.717) is 22.0 Å². The molecule has 2 heterocycles. The van der Waals surface area contributed by atoms with Gasteiger partial charge in [0.05, 0.1) is 23.4 Å². The summed E-state index contributed by atoms with van der Waals surface area (Å²) >= 11 is 6.19. The van der Waals surface area contributed by atoms with Crippen LogP contribution in [0, 0.1) is 0 Å². The van der Waals surface area contributed by atoms with Crippen LogP contribution in [0.15, 0.2) is 30.5 Å². The van der Waals surface area contributed by atoms with Crippen molar-refractivity contribution in [1.29, 1.82) is 0 Å². The molecule has 0 bridgehead atoms. The lowest BCUT2D eigenvalue weighted by Gasteiger charge is -2.19. The van der Waals surface area contributed by atoms with E-state index in [1.54, 1.807) is 24.3 Å². The summed E-state index contributed by atoms with van der Waals surface area (Å²) in [5.41, 5.74) is 1.13. The van der Waals surface area contributed by atoms with Crippen molar-refractivity contribution in [1.82, 2.24) is 14.9 Å². The predicted octanol–water partition coefficient (Wildman–Crippen LogP) is 3.68. The molecule has 3 rings (SSSR count). The van der Waals surface area contributed by atoms with Crippen molar-refractivity contribution in [2.45, 2.75) is 25.7 Å². The minimum absolute atomic E-state index is 0.100. The number of carbonyl (C=O) groups is 2. The Bertz CT molecular complexity index is 835. The van der Waals surface area contributed by atoms with E-state index in [0.717, 1.165) is 38.8 Å². The van der Waals surface area contributed by atoms with E-state index in [1.165, 1.54) is 13.3 Å². The summed E-state index contributed by atoms with van der Waals surface area (Å²) in [7, 11) is 1.31. The van der Waals surface area contributed by atoms with E-state index in [9.17, 15) is 9.59 Å². The molecule has 8 heteroatoms. The van der Waals surface area contributed by atoms with Crippen LogP contribution >= 0.6 is 11.6 Å². The lowest BCUT2D eigenvalue weighted by Crippen LogP contribution is -2.32. The second-order valence-corrected chi connectivity index (χ2v) is 6.69. The number of carbonyl (C=O) groups excluding carboxylic acids is 2. The number of nitrogens with one attached hydrogen (secondary N) is 1. The van der Waals surface area contributed by atoms with Crippen molar-refractivity contribution in [3.8, 4) is 0 Å². The average molecular weight is 389 g/mol. The van der Waals surface area contributed by atoms with E-state index in [1.807, 2.05) is 4.90 Å². The topological polar surface area (TPSA) is 84.4 Å². The monoisotopic (exact) mass is 388 g/mol. The molecule has 0 aliphatic carbocycles. The molecule has 0 unspecified atom stereocenters. The number of rotatable bonds is 4. The van der Waals surface area contributed by atoms with Gasteiger partial charge in [0.2, 0.25) is 5.95 Å². The third-order valence-corrected chi connectivity index (χ3v) is 4.73. The van der Waals surface area contributed by atoms with Crippen molar-refractivity contribution in [2.75, 3.05) is 25.5 Å². The highest BCUT2D eigenvalue weighted by Gasteiger charge is 2.19. The van der Waals surface area contributed by atoms with Gasteiger partial charge in [-0.3, -0.25) is 4.79 Å². The molecule has 0 saturated carbocycles. The van der Waals surface area contributed by atoms with Crippen molar-refractivity contribution in [2.24, 2.45) is 0 Å². The van der Waals surface area contributed by atoms with Crippen LogP contribution < -0.4 is 5.32 Å². The summed E-state index contributed by atoms with van der Waals surface area (Å²) in [4.78, 5) is 34.7. The van der Waals surface area contributed by atoms with Gasteiger partial charge in [-0.2, -0.15) is 0 Å². The Hall–Kier alpha value is -2.67. The van der Waals surface area contributed by atoms with Crippen LogP contribution in [0.2, 0.25) is 5.02 Å². The first-order valence-electron chi connectivity index (χ1n) is 8.85. The zero-order chi connectivity index (χ0) is 19.2. The first kappa shape index (κ1) is 19.1. The Morgan fingerprint density at radius 3 is 2.59 bits per heavy atom. The molecule has 2 aromatic rings. The molecule has 1 fully saturated rings. The van der Waals surface area contributed by atoms with E-state index in [-0.39, 0.29) is 11.9 Å². The van der Waals surface area contributed by atoms with Crippen molar-refractivity contribution in [3.63, 3.8) is 0 Å². The minimum atomic E-state index is -0.472. The Morgan fingerprint density at radius 2 is 1.89 bits per heavy atom. The van der Waals surface area contributed by atoms with Crippen LogP contribution in [0.4, 0.5) is 11.6 Å². The third-order valence-electron chi connectivity index (χ3n) is 4.40. The number of ether oxygens (including phenoxy) is 1. The van der Waals surface area contributed by atoms with Gasteiger partial charge in [-0.05, 0) is 37.1 Å². The van der Waals surface area contributed by atoms with Crippen LogP contribution in [0.3, 0.4) is 0 Å². The standard InChI is InChI=1S/C19H21ClN4O3/c1-27-18(26)13-6-7-14(20)16(12-13)23-19-21-9-8-15(22-19)17(25)24-10-4-2-3-5-11-24/h6-9,12H,2-5,10-11H2,1H3,(H,21,22,23). The molecule has 1 aromatic carbocycles. The van der Waals surface area contributed by atoms with Crippen molar-refractivity contribution >= 4 is 35.1 Å². The number of methoxy groups -OCH3 is 1. The fraction of sp³-hybridized carbons (Fsp3) is 0.368. The molecule has 0 radical (unpaired) electrons. The van der Waals surface area contributed by atoms with Crippen LogP contribution in [-0.2, 0) is 4.74 Å². The summed E-state index contributed by atoms with van der Waals surface area (Å²) in [6, 6.07) is 6.31. The van der Waals surface area contributed by atoms with Crippen molar-refractivity contribution < 1.29 is 14.3 Å². The minimum Gasteiger partial charge on any atom is -0.465 e. The second kappa shape index (κ2) is 8.81. The summed E-state index contributed by atoms with van der Waals surface area (Å²) in [5.74, 6) is -0.336. The number of esters is 1. The highest BCUT2D eigenvalue weighted by Crippen LogP contribution is 2.26. The van der Waals surface area contributed by atoms with Gasteiger partial charge < -0.3 is 15.0 Å². The maximum absolute atomic E-state index is 12.7. The van der Waals surface area contributed by atoms with Gasteiger partial charge in [-0.15, -0.1) is 0 Å². The van der Waals surface area contributed by atoms with E-state index in [4.69, 9.17) is 16.3 Å². The number of aromatic nitrogens is 2.